The number of carbonyl (C=O) groups is 1. The molecule has 0 radical (unpaired) electrons. The highest BCUT2D eigenvalue weighted by molar-refractivity contribution is 6.06. The number of fused-ring (bicyclic) bond motifs is 1. The van der Waals surface area contributed by atoms with E-state index >= 15 is 0 Å². The summed E-state index contributed by atoms with van der Waals surface area (Å²) in [5.74, 6) is -0.0790. The fourth-order valence-corrected chi connectivity index (χ4v) is 3.50. The zero-order valence-electron chi connectivity index (χ0n) is 15.4. The molecule has 132 valence electrons. The molecule has 0 aliphatic carbocycles. The van der Waals surface area contributed by atoms with E-state index in [4.69, 9.17) is 0 Å². The average molecular weight is 346 g/mol. The Bertz CT molecular complexity index is 989. The van der Waals surface area contributed by atoms with Crippen molar-refractivity contribution < 1.29 is 4.79 Å². The number of nitrogens with zero attached hydrogens (tertiary/aromatic N) is 4. The van der Waals surface area contributed by atoms with Crippen LogP contribution in [0.5, 0.6) is 0 Å². The van der Waals surface area contributed by atoms with E-state index in [1.165, 1.54) is 16.7 Å². The minimum Gasteiger partial charge on any atom is -0.307 e. The normalized spacial score (nSPS) is 13.6. The van der Waals surface area contributed by atoms with Crippen LogP contribution in [-0.4, -0.2) is 27.4 Å². The van der Waals surface area contributed by atoms with Gasteiger partial charge in [-0.2, -0.15) is 0 Å². The third-order valence-electron chi connectivity index (χ3n) is 5.19. The molecular formula is C21H22N4O. The number of benzene rings is 2. The summed E-state index contributed by atoms with van der Waals surface area (Å²) in [5.41, 5.74) is 6.73. The topological polar surface area (TPSA) is 51.0 Å². The molecule has 0 saturated heterocycles. The van der Waals surface area contributed by atoms with E-state index < -0.39 is 0 Å². The molecule has 0 bridgehead atoms. The molecule has 0 saturated carbocycles. The summed E-state index contributed by atoms with van der Waals surface area (Å²) in [6, 6.07) is 14.2. The number of amides is 1. The van der Waals surface area contributed by atoms with E-state index in [0.717, 1.165) is 29.9 Å². The van der Waals surface area contributed by atoms with Crippen molar-refractivity contribution in [2.45, 2.75) is 33.6 Å². The average Bonchev–Trinajstić information content (AvgIpc) is 3.04. The van der Waals surface area contributed by atoms with Crippen LogP contribution in [0.2, 0.25) is 0 Å². The van der Waals surface area contributed by atoms with Gasteiger partial charge in [0.25, 0.3) is 5.91 Å². The summed E-state index contributed by atoms with van der Waals surface area (Å²) in [4.78, 5) is 15.0. The first-order valence-corrected chi connectivity index (χ1v) is 8.96. The molecule has 0 unspecified atom stereocenters. The lowest BCUT2D eigenvalue weighted by Gasteiger charge is -2.28. The van der Waals surface area contributed by atoms with Crippen molar-refractivity contribution >= 4 is 11.6 Å². The lowest BCUT2D eigenvalue weighted by Crippen LogP contribution is -2.36. The Labute approximate surface area is 153 Å². The highest BCUT2D eigenvalue weighted by Crippen LogP contribution is 2.28. The molecule has 0 atom stereocenters. The number of carbonyl (C=O) groups excluding carboxylic acids is 1. The molecule has 2 heterocycles. The van der Waals surface area contributed by atoms with Crippen LogP contribution in [0.25, 0.3) is 5.69 Å². The second kappa shape index (κ2) is 6.41. The number of aromatic nitrogens is 3. The Kier molecular flexibility index (Phi) is 4.07. The first kappa shape index (κ1) is 16.5. The maximum atomic E-state index is 13.2. The van der Waals surface area contributed by atoms with Gasteiger partial charge in [-0.25, -0.2) is 4.68 Å². The minimum absolute atomic E-state index is 0.0790. The second-order valence-electron chi connectivity index (χ2n) is 6.89. The maximum absolute atomic E-state index is 13.2. The standard InChI is InChI=1S/C21H22N4O/c1-14-10-11-18(13-15(14)2)25-16(3)20(22-23-25)21(26)24-12-6-8-17-7-4-5-9-19(17)24/h4-5,7,9-11,13H,6,8,12H2,1-3H3. The first-order chi connectivity index (χ1) is 12.6. The fraction of sp³-hybridized carbons (Fsp3) is 0.286. The Morgan fingerprint density at radius 2 is 1.85 bits per heavy atom. The van der Waals surface area contributed by atoms with Gasteiger partial charge in [0, 0.05) is 12.2 Å². The smallest absolute Gasteiger partial charge is 0.280 e. The summed E-state index contributed by atoms with van der Waals surface area (Å²) in [5, 5.41) is 8.46. The highest BCUT2D eigenvalue weighted by atomic mass is 16.2. The first-order valence-electron chi connectivity index (χ1n) is 8.96. The molecule has 5 nitrogen and oxygen atoms in total. The van der Waals surface area contributed by atoms with Gasteiger partial charge in [-0.1, -0.05) is 29.5 Å². The molecule has 4 rings (SSSR count). The minimum atomic E-state index is -0.0790. The molecule has 0 fully saturated rings. The third kappa shape index (κ3) is 2.69. The molecular weight excluding hydrogens is 324 g/mol. The molecule has 5 heteroatoms. The van der Waals surface area contributed by atoms with Gasteiger partial charge >= 0.3 is 0 Å². The molecule has 1 aromatic heterocycles. The van der Waals surface area contributed by atoms with Crippen molar-refractivity contribution in [3.63, 3.8) is 0 Å². The Balaban J connectivity index is 1.71. The number of aryl methyl sites for hydroxylation is 3. The Hall–Kier alpha value is -2.95. The number of hydrogen-bond donors (Lipinski definition) is 0. The van der Waals surface area contributed by atoms with Gasteiger partial charge in [0.15, 0.2) is 5.69 Å². The molecule has 26 heavy (non-hydrogen) atoms. The molecule has 1 aliphatic heterocycles. The van der Waals surface area contributed by atoms with Crippen molar-refractivity contribution in [1.29, 1.82) is 0 Å². The number of para-hydroxylation sites is 1. The van der Waals surface area contributed by atoms with Crippen LogP contribution < -0.4 is 4.90 Å². The zero-order chi connectivity index (χ0) is 18.3. The van der Waals surface area contributed by atoms with Crippen LogP contribution in [-0.2, 0) is 6.42 Å². The van der Waals surface area contributed by atoms with Crippen molar-refractivity contribution in [3.8, 4) is 5.69 Å². The van der Waals surface area contributed by atoms with E-state index in [-0.39, 0.29) is 5.91 Å². The van der Waals surface area contributed by atoms with Crippen LogP contribution in [0.15, 0.2) is 42.5 Å². The van der Waals surface area contributed by atoms with Crippen LogP contribution >= 0.6 is 0 Å². The summed E-state index contributed by atoms with van der Waals surface area (Å²) >= 11 is 0. The Morgan fingerprint density at radius 1 is 1.04 bits per heavy atom. The van der Waals surface area contributed by atoms with Crippen LogP contribution in [0.1, 0.15) is 39.3 Å². The summed E-state index contributed by atoms with van der Waals surface area (Å²) in [7, 11) is 0. The van der Waals surface area contributed by atoms with E-state index in [0.29, 0.717) is 12.2 Å². The lowest BCUT2D eigenvalue weighted by molar-refractivity contribution is 0.0979. The van der Waals surface area contributed by atoms with E-state index in [9.17, 15) is 4.79 Å². The van der Waals surface area contributed by atoms with Gasteiger partial charge in [0.2, 0.25) is 0 Å². The molecule has 0 N–H and O–H groups in total. The summed E-state index contributed by atoms with van der Waals surface area (Å²) in [6.45, 7) is 6.77. The molecule has 0 spiro atoms. The van der Waals surface area contributed by atoms with Crippen molar-refractivity contribution in [3.05, 3.63) is 70.5 Å². The van der Waals surface area contributed by atoms with Crippen molar-refractivity contribution in [1.82, 2.24) is 15.0 Å². The van der Waals surface area contributed by atoms with Crippen molar-refractivity contribution in [2.75, 3.05) is 11.4 Å². The third-order valence-corrected chi connectivity index (χ3v) is 5.19. The van der Waals surface area contributed by atoms with Gasteiger partial charge in [-0.05, 0) is 68.5 Å². The van der Waals surface area contributed by atoms with Gasteiger partial charge in [-0.15, -0.1) is 5.10 Å². The Morgan fingerprint density at radius 3 is 2.65 bits per heavy atom. The number of anilines is 1. The van der Waals surface area contributed by atoms with Gasteiger partial charge < -0.3 is 4.90 Å². The van der Waals surface area contributed by atoms with Crippen molar-refractivity contribution in [2.24, 2.45) is 0 Å². The summed E-state index contributed by atoms with van der Waals surface area (Å²) < 4.78 is 1.75. The largest absolute Gasteiger partial charge is 0.307 e. The van der Waals surface area contributed by atoms with E-state index in [1.807, 2.05) is 36.1 Å². The molecule has 2 aromatic carbocycles. The zero-order valence-corrected chi connectivity index (χ0v) is 15.4. The van der Waals surface area contributed by atoms with Gasteiger partial charge in [0.05, 0.1) is 11.4 Å². The predicted molar refractivity (Wildman–Crippen MR) is 102 cm³/mol. The van der Waals surface area contributed by atoms with Gasteiger partial charge in [-0.3, -0.25) is 4.79 Å². The van der Waals surface area contributed by atoms with Crippen LogP contribution in [0.4, 0.5) is 5.69 Å². The maximum Gasteiger partial charge on any atom is 0.280 e. The number of hydrogen-bond acceptors (Lipinski definition) is 3. The SMILES string of the molecule is Cc1ccc(-n2nnc(C(=O)N3CCCc4ccccc43)c2C)cc1C. The van der Waals surface area contributed by atoms with Crippen LogP contribution in [0, 0.1) is 20.8 Å². The fourth-order valence-electron chi connectivity index (χ4n) is 3.50. The van der Waals surface area contributed by atoms with Gasteiger partial charge in [0.1, 0.15) is 0 Å². The highest BCUT2D eigenvalue weighted by Gasteiger charge is 2.27. The van der Waals surface area contributed by atoms with E-state index in [2.05, 4.69) is 42.4 Å². The lowest BCUT2D eigenvalue weighted by atomic mass is 10.0. The van der Waals surface area contributed by atoms with Crippen LogP contribution in [0.3, 0.4) is 0 Å². The predicted octanol–water partition coefficient (Wildman–Crippen LogP) is 3.79. The van der Waals surface area contributed by atoms with E-state index in [1.54, 1.807) is 4.68 Å². The molecule has 1 aliphatic rings. The monoisotopic (exact) mass is 346 g/mol. The quantitative estimate of drug-likeness (QED) is 0.709. The molecule has 3 aromatic rings. The second-order valence-corrected chi connectivity index (χ2v) is 6.89. The number of rotatable bonds is 2. The molecule has 1 amide bonds. The summed E-state index contributed by atoms with van der Waals surface area (Å²) in [6.07, 6.45) is 1.97.